The number of nitrogens with two attached hydrogens (primary N) is 1. The Balaban J connectivity index is 2.36. The van der Waals surface area contributed by atoms with Gasteiger partial charge in [0, 0.05) is 18.8 Å². The summed E-state index contributed by atoms with van der Waals surface area (Å²) in [7, 11) is 0. The third-order valence-electron chi connectivity index (χ3n) is 2.43. The molecule has 0 aliphatic carbocycles. The molecule has 2 heterocycles. The van der Waals surface area contributed by atoms with E-state index in [0.29, 0.717) is 5.69 Å². The molecule has 0 radical (unpaired) electrons. The molecule has 2 aromatic heterocycles. The van der Waals surface area contributed by atoms with Crippen LogP contribution >= 0.6 is 0 Å². The van der Waals surface area contributed by atoms with E-state index >= 15 is 0 Å². The van der Waals surface area contributed by atoms with Crippen molar-refractivity contribution in [3.8, 4) is 5.69 Å². The highest BCUT2D eigenvalue weighted by atomic mass is 16.4. The molecule has 0 atom stereocenters. The Hall–Kier alpha value is -2.37. The molecule has 0 bridgehead atoms. The predicted octanol–water partition coefficient (Wildman–Crippen LogP) is 0.924. The molecule has 2 aromatic rings. The molecule has 0 amide bonds. The summed E-state index contributed by atoms with van der Waals surface area (Å²) in [6, 6.07) is 3.55. The summed E-state index contributed by atoms with van der Waals surface area (Å²) in [6.07, 6.45) is 6.12. The summed E-state index contributed by atoms with van der Waals surface area (Å²) in [5.74, 6) is 0.959. The van der Waals surface area contributed by atoms with Crippen LogP contribution in [0.5, 0.6) is 0 Å². The summed E-state index contributed by atoms with van der Waals surface area (Å²) in [6.45, 7) is 2.04. The van der Waals surface area contributed by atoms with Gasteiger partial charge >= 0.3 is 0 Å². The van der Waals surface area contributed by atoms with Crippen molar-refractivity contribution in [1.29, 1.82) is 0 Å². The zero-order valence-corrected chi connectivity index (χ0v) is 9.41. The van der Waals surface area contributed by atoms with E-state index in [4.69, 9.17) is 10.9 Å². The van der Waals surface area contributed by atoms with Gasteiger partial charge in [0.05, 0.1) is 11.9 Å². The lowest BCUT2D eigenvalue weighted by Crippen LogP contribution is -2.15. The van der Waals surface area contributed by atoms with Gasteiger partial charge in [-0.2, -0.15) is 0 Å². The zero-order chi connectivity index (χ0) is 12.3. The Bertz CT molecular complexity index is 529. The highest BCUT2D eigenvalue weighted by Crippen LogP contribution is 2.10. The molecule has 6 nitrogen and oxygen atoms in total. The molecule has 0 aliphatic rings. The average molecular weight is 231 g/mol. The number of aryl methyl sites for hydroxylation is 1. The standard InChI is InChI=1S/C11H13N5O/c1-2-10-13-5-6-16(10)8-3-4-9(14-7-8)11(12)15-17/h3-7,17H,2H2,1H3,(H2,12,15). The topological polar surface area (TPSA) is 89.3 Å². The first-order valence-corrected chi connectivity index (χ1v) is 5.22. The van der Waals surface area contributed by atoms with E-state index in [9.17, 15) is 0 Å². The third kappa shape index (κ3) is 2.10. The van der Waals surface area contributed by atoms with Crippen LogP contribution in [0.25, 0.3) is 5.69 Å². The van der Waals surface area contributed by atoms with E-state index in [1.54, 1.807) is 18.5 Å². The van der Waals surface area contributed by atoms with Crippen LogP contribution in [0.3, 0.4) is 0 Å². The Morgan fingerprint density at radius 2 is 2.29 bits per heavy atom. The number of aromatic nitrogens is 3. The molecule has 3 N–H and O–H groups in total. The van der Waals surface area contributed by atoms with Gasteiger partial charge in [-0.25, -0.2) is 4.98 Å². The van der Waals surface area contributed by atoms with E-state index in [1.807, 2.05) is 23.8 Å². The van der Waals surface area contributed by atoms with Crippen LogP contribution in [-0.4, -0.2) is 25.6 Å². The molecule has 0 spiro atoms. The second-order valence-electron chi connectivity index (χ2n) is 3.45. The van der Waals surface area contributed by atoms with E-state index in [-0.39, 0.29) is 5.84 Å². The largest absolute Gasteiger partial charge is 0.409 e. The molecule has 0 fully saturated rings. The fourth-order valence-electron chi connectivity index (χ4n) is 1.56. The number of oxime groups is 1. The summed E-state index contributed by atoms with van der Waals surface area (Å²) in [5, 5.41) is 11.4. The van der Waals surface area contributed by atoms with Gasteiger partial charge in [-0.15, -0.1) is 0 Å². The van der Waals surface area contributed by atoms with Crippen LogP contribution in [0, 0.1) is 0 Å². The van der Waals surface area contributed by atoms with Gasteiger partial charge in [0.1, 0.15) is 11.5 Å². The fraction of sp³-hybridized carbons (Fsp3) is 0.182. The SMILES string of the molecule is CCc1nccn1-c1ccc(/C(N)=N/O)nc1. The van der Waals surface area contributed by atoms with Crippen molar-refractivity contribution < 1.29 is 5.21 Å². The molecule has 0 saturated carbocycles. The molecule has 2 rings (SSSR count). The van der Waals surface area contributed by atoms with E-state index in [1.165, 1.54) is 0 Å². The number of imidazole rings is 1. The Morgan fingerprint density at radius 1 is 1.47 bits per heavy atom. The Kier molecular flexibility index (Phi) is 3.04. The average Bonchev–Trinajstić information content (AvgIpc) is 2.86. The lowest BCUT2D eigenvalue weighted by molar-refractivity contribution is 0.318. The van der Waals surface area contributed by atoms with Gasteiger partial charge in [-0.05, 0) is 12.1 Å². The summed E-state index contributed by atoms with van der Waals surface area (Å²) in [4.78, 5) is 8.35. The molecule has 88 valence electrons. The molecule has 0 aromatic carbocycles. The second-order valence-corrected chi connectivity index (χ2v) is 3.45. The molecule has 17 heavy (non-hydrogen) atoms. The van der Waals surface area contributed by atoms with Gasteiger partial charge in [-0.1, -0.05) is 12.1 Å². The highest BCUT2D eigenvalue weighted by Gasteiger charge is 2.05. The van der Waals surface area contributed by atoms with E-state index in [0.717, 1.165) is 17.9 Å². The quantitative estimate of drug-likeness (QED) is 0.356. The number of hydrogen-bond acceptors (Lipinski definition) is 4. The molecule has 6 heteroatoms. The predicted molar refractivity (Wildman–Crippen MR) is 63.2 cm³/mol. The van der Waals surface area contributed by atoms with Gasteiger partial charge in [-0.3, -0.25) is 4.98 Å². The first kappa shape index (κ1) is 11.1. The van der Waals surface area contributed by atoms with Crippen molar-refractivity contribution in [2.24, 2.45) is 10.9 Å². The molecular formula is C11H13N5O. The van der Waals surface area contributed by atoms with Gasteiger partial charge in [0.15, 0.2) is 5.84 Å². The third-order valence-corrected chi connectivity index (χ3v) is 2.43. The summed E-state index contributed by atoms with van der Waals surface area (Å²) in [5.41, 5.74) is 6.77. The summed E-state index contributed by atoms with van der Waals surface area (Å²) >= 11 is 0. The number of amidine groups is 1. The minimum Gasteiger partial charge on any atom is -0.409 e. The minimum atomic E-state index is -0.00195. The maximum absolute atomic E-state index is 8.53. The fourth-order valence-corrected chi connectivity index (χ4v) is 1.56. The Labute approximate surface area is 98.4 Å². The molecule has 0 saturated heterocycles. The summed E-state index contributed by atoms with van der Waals surface area (Å²) < 4.78 is 1.95. The van der Waals surface area contributed by atoms with Crippen molar-refractivity contribution in [3.05, 3.63) is 42.2 Å². The second kappa shape index (κ2) is 4.65. The van der Waals surface area contributed by atoms with E-state index in [2.05, 4.69) is 15.1 Å². The highest BCUT2D eigenvalue weighted by molar-refractivity contribution is 5.95. The lowest BCUT2D eigenvalue weighted by Gasteiger charge is -2.06. The van der Waals surface area contributed by atoms with Crippen LogP contribution in [-0.2, 0) is 6.42 Å². The first-order valence-electron chi connectivity index (χ1n) is 5.22. The van der Waals surface area contributed by atoms with Crippen molar-refractivity contribution in [1.82, 2.24) is 14.5 Å². The van der Waals surface area contributed by atoms with Crippen molar-refractivity contribution in [2.75, 3.05) is 0 Å². The number of nitrogens with zero attached hydrogens (tertiary/aromatic N) is 4. The Morgan fingerprint density at radius 3 is 2.88 bits per heavy atom. The maximum atomic E-state index is 8.53. The van der Waals surface area contributed by atoms with Crippen LogP contribution in [0.1, 0.15) is 18.4 Å². The molecule has 0 aliphatic heterocycles. The number of hydrogen-bond donors (Lipinski definition) is 2. The van der Waals surface area contributed by atoms with Crippen molar-refractivity contribution in [3.63, 3.8) is 0 Å². The van der Waals surface area contributed by atoms with Crippen LogP contribution < -0.4 is 5.73 Å². The minimum absolute atomic E-state index is 0.00195. The smallest absolute Gasteiger partial charge is 0.188 e. The van der Waals surface area contributed by atoms with Gasteiger partial charge < -0.3 is 15.5 Å². The van der Waals surface area contributed by atoms with Crippen molar-refractivity contribution in [2.45, 2.75) is 13.3 Å². The number of pyridine rings is 1. The van der Waals surface area contributed by atoms with Crippen LogP contribution in [0.15, 0.2) is 35.9 Å². The van der Waals surface area contributed by atoms with E-state index < -0.39 is 0 Å². The van der Waals surface area contributed by atoms with Crippen LogP contribution in [0.4, 0.5) is 0 Å². The lowest BCUT2D eigenvalue weighted by atomic mass is 10.3. The number of rotatable bonds is 3. The van der Waals surface area contributed by atoms with Gasteiger partial charge in [0.2, 0.25) is 0 Å². The monoisotopic (exact) mass is 231 g/mol. The molecular weight excluding hydrogens is 218 g/mol. The molecule has 0 unspecified atom stereocenters. The first-order chi connectivity index (χ1) is 8.26. The van der Waals surface area contributed by atoms with Crippen LogP contribution in [0.2, 0.25) is 0 Å². The van der Waals surface area contributed by atoms with Crippen molar-refractivity contribution >= 4 is 5.84 Å². The zero-order valence-electron chi connectivity index (χ0n) is 9.41. The maximum Gasteiger partial charge on any atom is 0.188 e. The normalized spacial score (nSPS) is 11.7. The van der Waals surface area contributed by atoms with Gasteiger partial charge in [0.25, 0.3) is 0 Å².